The maximum atomic E-state index is 12.4. The molecule has 0 saturated carbocycles. The Morgan fingerprint density at radius 1 is 1.18 bits per heavy atom. The van der Waals surface area contributed by atoms with Crippen LogP contribution in [0.5, 0.6) is 0 Å². The number of aromatic nitrogens is 2. The SMILES string of the molecule is CNCC(NC=O)C(=O)Nc1ccc(-c2nc(Nc3ccc(Cl)cc3)[nH]c(=O)c2C#N)cc1. The summed E-state index contributed by atoms with van der Waals surface area (Å²) < 4.78 is 0. The Hall–Kier alpha value is -4.20. The maximum Gasteiger partial charge on any atom is 0.270 e. The van der Waals surface area contributed by atoms with Crippen LogP contribution in [0.2, 0.25) is 5.02 Å². The minimum Gasteiger partial charge on any atom is -0.346 e. The molecule has 0 bridgehead atoms. The zero-order valence-corrected chi connectivity index (χ0v) is 18.2. The molecule has 0 aliphatic rings. The second kappa shape index (κ2) is 10.9. The summed E-state index contributed by atoms with van der Waals surface area (Å²) in [6.07, 6.45) is 0.461. The van der Waals surface area contributed by atoms with E-state index in [1.54, 1.807) is 55.6 Å². The molecule has 168 valence electrons. The van der Waals surface area contributed by atoms with Gasteiger partial charge in [-0.25, -0.2) is 4.98 Å². The molecule has 11 heteroatoms. The topological polar surface area (TPSA) is 152 Å². The van der Waals surface area contributed by atoms with Crippen LogP contribution in [0.25, 0.3) is 11.3 Å². The van der Waals surface area contributed by atoms with Crippen molar-refractivity contribution in [1.82, 2.24) is 20.6 Å². The average Bonchev–Trinajstić information content (AvgIpc) is 2.80. The summed E-state index contributed by atoms with van der Waals surface area (Å²) in [5.74, 6) is -0.241. The predicted octanol–water partition coefficient (Wildman–Crippen LogP) is 1.98. The van der Waals surface area contributed by atoms with E-state index >= 15 is 0 Å². The van der Waals surface area contributed by atoms with E-state index in [2.05, 4.69) is 31.2 Å². The Kier molecular flexibility index (Phi) is 7.75. The van der Waals surface area contributed by atoms with Gasteiger partial charge in [0.1, 0.15) is 17.7 Å². The van der Waals surface area contributed by atoms with E-state index in [0.717, 1.165) is 0 Å². The van der Waals surface area contributed by atoms with Gasteiger partial charge in [0.25, 0.3) is 5.56 Å². The van der Waals surface area contributed by atoms with Crippen molar-refractivity contribution in [2.45, 2.75) is 6.04 Å². The molecule has 0 radical (unpaired) electrons. The van der Waals surface area contributed by atoms with Crippen LogP contribution in [0.4, 0.5) is 17.3 Å². The number of halogens is 1. The maximum absolute atomic E-state index is 12.4. The fourth-order valence-corrected chi connectivity index (χ4v) is 3.10. The van der Waals surface area contributed by atoms with Crippen molar-refractivity contribution in [3.05, 3.63) is 69.5 Å². The standard InChI is InChI=1S/C22H20ClN7O3/c1-25-11-18(26-12-31)21(33)27-15-6-2-13(3-7-15)19-17(10-24)20(32)30-22(29-19)28-16-8-4-14(23)5-9-16/h2-9,12,18,25H,11H2,1H3,(H,26,31)(H,27,33)(H2,28,29,30,32). The smallest absolute Gasteiger partial charge is 0.270 e. The first-order valence-corrected chi connectivity index (χ1v) is 10.2. The van der Waals surface area contributed by atoms with Gasteiger partial charge in [-0.15, -0.1) is 0 Å². The van der Waals surface area contributed by atoms with Gasteiger partial charge in [0, 0.05) is 28.5 Å². The van der Waals surface area contributed by atoms with Crippen LogP contribution in [-0.2, 0) is 9.59 Å². The summed E-state index contributed by atoms with van der Waals surface area (Å²) in [6, 6.07) is 14.4. The van der Waals surface area contributed by atoms with Crippen LogP contribution in [0, 0.1) is 11.3 Å². The molecule has 2 amide bonds. The number of benzene rings is 2. The molecular formula is C22H20ClN7O3. The molecule has 0 spiro atoms. The summed E-state index contributed by atoms with van der Waals surface area (Å²) in [4.78, 5) is 42.4. The van der Waals surface area contributed by atoms with Gasteiger partial charge in [-0.05, 0) is 43.4 Å². The zero-order chi connectivity index (χ0) is 23.8. The van der Waals surface area contributed by atoms with Gasteiger partial charge in [0.2, 0.25) is 18.3 Å². The summed E-state index contributed by atoms with van der Waals surface area (Å²) in [5.41, 5.74) is 1.08. The lowest BCUT2D eigenvalue weighted by Crippen LogP contribution is -2.46. The first kappa shape index (κ1) is 23.5. The van der Waals surface area contributed by atoms with Crippen molar-refractivity contribution in [3.8, 4) is 17.3 Å². The van der Waals surface area contributed by atoms with E-state index in [-0.39, 0.29) is 23.8 Å². The van der Waals surface area contributed by atoms with E-state index in [9.17, 15) is 19.6 Å². The number of hydrogen-bond acceptors (Lipinski definition) is 7. The van der Waals surface area contributed by atoms with Crippen LogP contribution in [0.3, 0.4) is 0 Å². The van der Waals surface area contributed by atoms with Crippen molar-refractivity contribution in [2.75, 3.05) is 24.2 Å². The lowest BCUT2D eigenvalue weighted by molar-refractivity contribution is -0.121. The highest BCUT2D eigenvalue weighted by molar-refractivity contribution is 6.30. The number of amides is 2. The summed E-state index contributed by atoms with van der Waals surface area (Å²) >= 11 is 5.89. The fraction of sp³-hybridized carbons (Fsp3) is 0.136. The number of nitrogens with one attached hydrogen (secondary N) is 5. The normalized spacial score (nSPS) is 11.2. The molecule has 0 aliphatic heterocycles. The number of nitriles is 1. The van der Waals surface area contributed by atoms with E-state index < -0.39 is 17.5 Å². The van der Waals surface area contributed by atoms with Crippen LogP contribution in [0.15, 0.2) is 53.3 Å². The van der Waals surface area contributed by atoms with E-state index in [4.69, 9.17) is 11.6 Å². The number of H-pyrrole nitrogens is 1. The van der Waals surface area contributed by atoms with Crippen LogP contribution < -0.4 is 26.8 Å². The first-order chi connectivity index (χ1) is 15.9. The van der Waals surface area contributed by atoms with Gasteiger partial charge in [0.15, 0.2) is 0 Å². The molecule has 10 nitrogen and oxygen atoms in total. The molecule has 1 unspecified atom stereocenters. The third-order valence-corrected chi connectivity index (χ3v) is 4.81. The number of anilines is 3. The van der Waals surface area contributed by atoms with Crippen molar-refractivity contribution >= 4 is 41.2 Å². The van der Waals surface area contributed by atoms with E-state index in [1.165, 1.54) is 0 Å². The Labute approximate surface area is 194 Å². The van der Waals surface area contributed by atoms with Gasteiger partial charge in [0.05, 0.1) is 5.69 Å². The third-order valence-electron chi connectivity index (χ3n) is 4.56. The van der Waals surface area contributed by atoms with Gasteiger partial charge in [-0.2, -0.15) is 5.26 Å². The van der Waals surface area contributed by atoms with Gasteiger partial charge >= 0.3 is 0 Å². The number of rotatable bonds is 9. The molecule has 0 saturated heterocycles. The van der Waals surface area contributed by atoms with Crippen molar-refractivity contribution in [1.29, 1.82) is 5.26 Å². The molecule has 0 fully saturated rings. The Morgan fingerprint density at radius 2 is 1.85 bits per heavy atom. The highest BCUT2D eigenvalue weighted by atomic mass is 35.5. The Morgan fingerprint density at radius 3 is 2.45 bits per heavy atom. The number of aromatic amines is 1. The predicted molar refractivity (Wildman–Crippen MR) is 125 cm³/mol. The van der Waals surface area contributed by atoms with Crippen molar-refractivity contribution in [2.24, 2.45) is 0 Å². The van der Waals surface area contributed by atoms with Gasteiger partial charge < -0.3 is 21.3 Å². The average molecular weight is 466 g/mol. The zero-order valence-electron chi connectivity index (χ0n) is 17.5. The molecule has 1 aromatic heterocycles. The second-order valence-electron chi connectivity index (χ2n) is 6.84. The summed E-state index contributed by atoms with van der Waals surface area (Å²) in [5, 5.41) is 21.0. The minimum atomic E-state index is -0.742. The van der Waals surface area contributed by atoms with Crippen LogP contribution in [0.1, 0.15) is 5.56 Å². The number of hydrogen-bond donors (Lipinski definition) is 5. The van der Waals surface area contributed by atoms with E-state index in [1.807, 2.05) is 6.07 Å². The largest absolute Gasteiger partial charge is 0.346 e. The molecule has 33 heavy (non-hydrogen) atoms. The summed E-state index contributed by atoms with van der Waals surface area (Å²) in [7, 11) is 1.67. The monoisotopic (exact) mass is 465 g/mol. The minimum absolute atomic E-state index is 0.141. The second-order valence-corrected chi connectivity index (χ2v) is 7.28. The van der Waals surface area contributed by atoms with E-state index in [0.29, 0.717) is 28.4 Å². The highest BCUT2D eigenvalue weighted by Gasteiger charge is 2.17. The molecular weight excluding hydrogens is 446 g/mol. The third kappa shape index (κ3) is 5.94. The molecule has 1 atom stereocenters. The molecule has 0 aliphatic carbocycles. The van der Waals surface area contributed by atoms with Crippen LogP contribution in [-0.4, -0.2) is 41.9 Å². The van der Waals surface area contributed by atoms with Gasteiger partial charge in [-0.1, -0.05) is 23.7 Å². The number of likely N-dealkylation sites (N-methyl/N-ethyl adjacent to an activating group) is 1. The lowest BCUT2D eigenvalue weighted by atomic mass is 10.1. The first-order valence-electron chi connectivity index (χ1n) is 9.77. The van der Waals surface area contributed by atoms with Crippen LogP contribution >= 0.6 is 11.6 Å². The molecule has 2 aromatic carbocycles. The Balaban J connectivity index is 1.86. The molecule has 5 N–H and O–H groups in total. The highest BCUT2D eigenvalue weighted by Crippen LogP contribution is 2.23. The number of carbonyl (C=O) groups excluding carboxylic acids is 2. The van der Waals surface area contributed by atoms with Crippen molar-refractivity contribution < 1.29 is 9.59 Å². The lowest BCUT2D eigenvalue weighted by Gasteiger charge is -2.15. The number of nitrogens with zero attached hydrogens (tertiary/aromatic N) is 2. The molecule has 3 rings (SSSR count). The summed E-state index contributed by atoms with van der Waals surface area (Å²) in [6.45, 7) is 0.258. The fourth-order valence-electron chi connectivity index (χ4n) is 2.97. The number of carbonyl (C=O) groups is 2. The quantitative estimate of drug-likeness (QED) is 0.303. The van der Waals surface area contributed by atoms with Crippen molar-refractivity contribution in [3.63, 3.8) is 0 Å². The Bertz CT molecular complexity index is 1230. The molecule has 1 heterocycles. The van der Waals surface area contributed by atoms with Gasteiger partial charge in [-0.3, -0.25) is 19.4 Å². The molecule has 3 aromatic rings.